The zero-order chi connectivity index (χ0) is 17.9. The van der Waals surface area contributed by atoms with Crippen molar-refractivity contribution in [3.8, 4) is 0 Å². The van der Waals surface area contributed by atoms with Crippen molar-refractivity contribution in [2.45, 2.75) is 123 Å². The highest BCUT2D eigenvalue weighted by molar-refractivity contribution is 4.61. The van der Waals surface area contributed by atoms with Gasteiger partial charge in [-0.1, -0.05) is 117 Å². The predicted molar refractivity (Wildman–Crippen MR) is 112 cm³/mol. The Hall–Kier alpha value is -0.0400. The minimum Gasteiger partial charge on any atom is -0.309 e. The van der Waals surface area contributed by atoms with Crippen LogP contribution in [0.1, 0.15) is 123 Å². The number of hydrogen-bond acceptors (Lipinski definition) is 1. The Morgan fingerprint density at radius 3 is 1.38 bits per heavy atom. The summed E-state index contributed by atoms with van der Waals surface area (Å²) in [7, 11) is 4.41. The summed E-state index contributed by atoms with van der Waals surface area (Å²) in [4.78, 5) is 2.34. The molecular weight excluding hydrogens is 290 g/mol. The molecule has 0 bridgehead atoms. The van der Waals surface area contributed by atoms with Gasteiger partial charge in [0.25, 0.3) is 0 Å². The minimum absolute atomic E-state index is 0.977. The molecule has 0 fully saturated rings. The monoisotopic (exact) mass is 339 g/mol. The Labute approximate surface area is 155 Å². The van der Waals surface area contributed by atoms with Gasteiger partial charge in [0.2, 0.25) is 0 Å². The fourth-order valence-corrected chi connectivity index (χ4v) is 3.73. The summed E-state index contributed by atoms with van der Waals surface area (Å²) in [6.45, 7) is 5.91. The van der Waals surface area contributed by atoms with Gasteiger partial charge in [0, 0.05) is 0 Å². The van der Waals surface area contributed by atoms with Gasteiger partial charge in [0.15, 0.2) is 0 Å². The molecule has 1 heteroatoms. The molecule has 24 heavy (non-hydrogen) atoms. The van der Waals surface area contributed by atoms with Crippen molar-refractivity contribution in [2.24, 2.45) is 5.92 Å². The van der Waals surface area contributed by atoms with Crippen molar-refractivity contribution in [3.63, 3.8) is 0 Å². The largest absolute Gasteiger partial charge is 0.309 e. The highest BCUT2D eigenvalue weighted by Crippen LogP contribution is 2.20. The molecule has 0 radical (unpaired) electrons. The molecule has 0 heterocycles. The first kappa shape index (κ1) is 24.0. The predicted octanol–water partition coefficient (Wildman–Crippen LogP) is 7.84. The van der Waals surface area contributed by atoms with Gasteiger partial charge in [-0.2, -0.15) is 0 Å². The van der Waals surface area contributed by atoms with Crippen molar-refractivity contribution in [1.29, 1.82) is 0 Å². The Bertz CT molecular complexity index is 224. The Kier molecular flexibility index (Phi) is 19.3. The Morgan fingerprint density at radius 2 is 0.958 bits per heavy atom. The second-order valence-electron chi connectivity index (χ2n) is 8.28. The third-order valence-electron chi connectivity index (χ3n) is 5.40. The molecule has 0 spiro atoms. The summed E-state index contributed by atoms with van der Waals surface area (Å²) in [5.74, 6) is 0.977. The smallest absolute Gasteiger partial charge is 0.00222 e. The van der Waals surface area contributed by atoms with Crippen LogP contribution in [-0.4, -0.2) is 25.5 Å². The van der Waals surface area contributed by atoms with Crippen LogP contribution in [0, 0.1) is 5.92 Å². The number of hydrogen-bond donors (Lipinski definition) is 0. The minimum atomic E-state index is 0.977. The lowest BCUT2D eigenvalue weighted by molar-refractivity contribution is 0.319. The first-order chi connectivity index (χ1) is 11.7. The van der Waals surface area contributed by atoms with Crippen molar-refractivity contribution < 1.29 is 0 Å². The van der Waals surface area contributed by atoms with Gasteiger partial charge in [-0.3, -0.25) is 0 Å². The summed E-state index contributed by atoms with van der Waals surface area (Å²) in [5, 5.41) is 0. The van der Waals surface area contributed by atoms with Crippen molar-refractivity contribution in [2.75, 3.05) is 20.6 Å². The van der Waals surface area contributed by atoms with Crippen molar-refractivity contribution in [3.05, 3.63) is 0 Å². The van der Waals surface area contributed by atoms with E-state index >= 15 is 0 Å². The molecule has 146 valence electrons. The van der Waals surface area contributed by atoms with Crippen molar-refractivity contribution in [1.82, 2.24) is 4.90 Å². The number of nitrogens with zero attached hydrogens (tertiary/aromatic N) is 1. The molecule has 0 saturated carbocycles. The van der Waals surface area contributed by atoms with Crippen LogP contribution in [0.15, 0.2) is 0 Å². The molecule has 0 aromatic heterocycles. The molecule has 0 amide bonds. The lowest BCUT2D eigenvalue weighted by Crippen LogP contribution is -2.16. The second kappa shape index (κ2) is 19.3. The fourth-order valence-electron chi connectivity index (χ4n) is 3.73. The highest BCUT2D eigenvalue weighted by Gasteiger charge is 2.07. The van der Waals surface area contributed by atoms with Crippen LogP contribution in [0.25, 0.3) is 0 Å². The molecule has 0 aromatic carbocycles. The quantitative estimate of drug-likeness (QED) is 0.217. The highest BCUT2D eigenvalue weighted by atomic mass is 15.0. The van der Waals surface area contributed by atoms with E-state index in [-0.39, 0.29) is 0 Å². The van der Waals surface area contributed by atoms with E-state index in [0.717, 1.165) is 5.92 Å². The molecule has 0 saturated heterocycles. The van der Waals surface area contributed by atoms with Gasteiger partial charge in [0.1, 0.15) is 0 Å². The molecule has 1 unspecified atom stereocenters. The SMILES string of the molecule is CCCCCCCCCCCCCCCC(CCC)CCN(C)C. The fraction of sp³-hybridized carbons (Fsp3) is 1.00. The molecule has 0 aliphatic carbocycles. The average Bonchev–Trinajstić information content (AvgIpc) is 2.56. The molecule has 0 rings (SSSR count). The van der Waals surface area contributed by atoms with E-state index in [2.05, 4.69) is 32.8 Å². The van der Waals surface area contributed by atoms with Crippen LogP contribution in [0.2, 0.25) is 0 Å². The molecule has 0 aliphatic heterocycles. The summed E-state index contributed by atoms with van der Waals surface area (Å²) in [5.41, 5.74) is 0. The Balaban J connectivity index is 3.30. The zero-order valence-electron chi connectivity index (χ0n) is 17.8. The lowest BCUT2D eigenvalue weighted by atomic mass is 9.93. The van der Waals surface area contributed by atoms with E-state index in [1.807, 2.05) is 0 Å². The van der Waals surface area contributed by atoms with E-state index in [9.17, 15) is 0 Å². The van der Waals surface area contributed by atoms with Gasteiger partial charge in [0.05, 0.1) is 0 Å². The van der Waals surface area contributed by atoms with Crippen LogP contribution in [0.4, 0.5) is 0 Å². The first-order valence-corrected chi connectivity index (χ1v) is 11.3. The number of unbranched alkanes of at least 4 members (excludes halogenated alkanes) is 12. The van der Waals surface area contributed by atoms with Crippen LogP contribution in [0.5, 0.6) is 0 Å². The van der Waals surface area contributed by atoms with Gasteiger partial charge in [-0.15, -0.1) is 0 Å². The van der Waals surface area contributed by atoms with Gasteiger partial charge >= 0.3 is 0 Å². The standard InChI is InChI=1S/C23H49N/c1-5-7-8-9-10-11-12-13-14-15-16-17-18-20-23(19-6-2)21-22-24(3)4/h23H,5-22H2,1-4H3. The molecular formula is C23H49N. The second-order valence-corrected chi connectivity index (χ2v) is 8.28. The van der Waals surface area contributed by atoms with Crippen LogP contribution < -0.4 is 0 Å². The third-order valence-corrected chi connectivity index (χ3v) is 5.40. The maximum atomic E-state index is 2.34. The van der Waals surface area contributed by atoms with Crippen LogP contribution in [-0.2, 0) is 0 Å². The summed E-state index contributed by atoms with van der Waals surface area (Å²) < 4.78 is 0. The summed E-state index contributed by atoms with van der Waals surface area (Å²) in [6, 6.07) is 0. The van der Waals surface area contributed by atoms with Gasteiger partial charge in [-0.25, -0.2) is 0 Å². The summed E-state index contributed by atoms with van der Waals surface area (Å²) in [6.07, 6.45) is 24.7. The van der Waals surface area contributed by atoms with Gasteiger partial charge < -0.3 is 4.90 Å². The molecule has 1 atom stereocenters. The third kappa shape index (κ3) is 18.3. The average molecular weight is 340 g/mol. The Morgan fingerprint density at radius 1 is 0.500 bits per heavy atom. The number of rotatable bonds is 19. The molecule has 0 aliphatic rings. The van der Waals surface area contributed by atoms with E-state index < -0.39 is 0 Å². The molecule has 0 aromatic rings. The van der Waals surface area contributed by atoms with Crippen LogP contribution >= 0.6 is 0 Å². The van der Waals surface area contributed by atoms with E-state index in [4.69, 9.17) is 0 Å². The van der Waals surface area contributed by atoms with Crippen molar-refractivity contribution >= 4 is 0 Å². The topological polar surface area (TPSA) is 3.24 Å². The summed E-state index contributed by atoms with van der Waals surface area (Å²) >= 11 is 0. The maximum Gasteiger partial charge on any atom is -0.00222 e. The lowest BCUT2D eigenvalue weighted by Gasteiger charge is -2.18. The van der Waals surface area contributed by atoms with E-state index in [0.29, 0.717) is 0 Å². The first-order valence-electron chi connectivity index (χ1n) is 11.3. The molecule has 0 N–H and O–H groups in total. The normalized spacial score (nSPS) is 12.9. The van der Waals surface area contributed by atoms with Gasteiger partial charge in [-0.05, 0) is 33.0 Å². The molecule has 1 nitrogen and oxygen atoms in total. The van der Waals surface area contributed by atoms with Crippen LogP contribution in [0.3, 0.4) is 0 Å². The van der Waals surface area contributed by atoms with E-state index in [1.165, 1.54) is 116 Å². The maximum absolute atomic E-state index is 2.34. The zero-order valence-corrected chi connectivity index (χ0v) is 17.8. The van der Waals surface area contributed by atoms with E-state index in [1.54, 1.807) is 0 Å².